The number of phenols is 1. The summed E-state index contributed by atoms with van der Waals surface area (Å²) in [6.45, 7) is 4.06. The van der Waals surface area contributed by atoms with Crippen LogP contribution in [0.4, 0.5) is 0 Å². The molecule has 1 aliphatic rings. The number of likely N-dealkylation sites (tertiary alicyclic amines) is 1. The molecule has 6 nitrogen and oxygen atoms in total. The number of fused-ring (bicyclic) bond motifs is 1. The summed E-state index contributed by atoms with van der Waals surface area (Å²) in [5.41, 5.74) is 2.70. The lowest BCUT2D eigenvalue weighted by Crippen LogP contribution is -2.21. The van der Waals surface area contributed by atoms with Gasteiger partial charge in [0.05, 0.1) is 24.7 Å². The maximum atomic E-state index is 12.6. The fourth-order valence-electron chi connectivity index (χ4n) is 4.27. The normalized spacial score (nSPS) is 16.8. The van der Waals surface area contributed by atoms with E-state index in [-0.39, 0.29) is 17.7 Å². The summed E-state index contributed by atoms with van der Waals surface area (Å²) in [6, 6.07) is 13.8. The van der Waals surface area contributed by atoms with Crippen molar-refractivity contribution in [3.8, 4) is 5.75 Å². The predicted molar refractivity (Wildman–Crippen MR) is 114 cm³/mol. The zero-order valence-corrected chi connectivity index (χ0v) is 17.2. The molecule has 6 heteroatoms. The Morgan fingerprint density at radius 3 is 2.70 bits per heavy atom. The van der Waals surface area contributed by atoms with Gasteiger partial charge >= 0.3 is 11.6 Å². The Labute approximate surface area is 174 Å². The second kappa shape index (κ2) is 8.32. The predicted octanol–water partition coefficient (Wildman–Crippen LogP) is 3.51. The first-order valence-electron chi connectivity index (χ1n) is 10.1. The van der Waals surface area contributed by atoms with Gasteiger partial charge in [-0.1, -0.05) is 30.3 Å². The van der Waals surface area contributed by atoms with Crippen molar-refractivity contribution in [2.75, 3.05) is 20.2 Å². The van der Waals surface area contributed by atoms with Crippen molar-refractivity contribution in [2.24, 2.45) is 0 Å². The third-order valence-corrected chi connectivity index (χ3v) is 6.01. The van der Waals surface area contributed by atoms with Gasteiger partial charge in [-0.2, -0.15) is 0 Å². The average molecular weight is 407 g/mol. The minimum atomic E-state index is -0.569. The molecule has 0 aliphatic carbocycles. The van der Waals surface area contributed by atoms with E-state index in [9.17, 15) is 14.7 Å². The Morgan fingerprint density at radius 1 is 1.20 bits per heavy atom. The Balaban J connectivity index is 1.65. The second-order valence-corrected chi connectivity index (χ2v) is 7.82. The number of benzene rings is 2. The molecule has 0 saturated carbocycles. The van der Waals surface area contributed by atoms with Gasteiger partial charge < -0.3 is 14.3 Å². The van der Waals surface area contributed by atoms with E-state index in [4.69, 9.17) is 4.42 Å². The highest BCUT2D eigenvalue weighted by Gasteiger charge is 2.26. The molecular formula is C24H25NO5. The Kier molecular flexibility index (Phi) is 5.59. The van der Waals surface area contributed by atoms with E-state index < -0.39 is 11.6 Å². The number of aromatic hydroxyl groups is 1. The number of hydrogen-bond donors (Lipinski definition) is 1. The first-order valence-corrected chi connectivity index (χ1v) is 10.1. The van der Waals surface area contributed by atoms with Crippen molar-refractivity contribution < 1.29 is 19.1 Å². The van der Waals surface area contributed by atoms with Crippen molar-refractivity contribution in [1.29, 1.82) is 0 Å². The zero-order valence-electron chi connectivity index (χ0n) is 17.2. The minimum absolute atomic E-state index is 0.105. The van der Waals surface area contributed by atoms with Crippen LogP contribution in [0.15, 0.2) is 51.7 Å². The van der Waals surface area contributed by atoms with Crippen molar-refractivity contribution in [3.05, 3.63) is 75.1 Å². The summed E-state index contributed by atoms with van der Waals surface area (Å²) >= 11 is 0. The highest BCUT2D eigenvalue weighted by Crippen LogP contribution is 2.33. The number of aryl methyl sites for hydroxylation is 1. The van der Waals surface area contributed by atoms with Crippen LogP contribution in [0.2, 0.25) is 0 Å². The Bertz CT molecular complexity index is 1140. The summed E-state index contributed by atoms with van der Waals surface area (Å²) in [4.78, 5) is 26.5. The first kappa shape index (κ1) is 20.2. The van der Waals surface area contributed by atoms with Crippen LogP contribution in [0.3, 0.4) is 0 Å². The quantitative estimate of drug-likeness (QED) is 0.515. The van der Waals surface area contributed by atoms with E-state index in [2.05, 4.69) is 33.9 Å². The highest BCUT2D eigenvalue weighted by atomic mass is 16.5. The van der Waals surface area contributed by atoms with E-state index >= 15 is 0 Å². The molecule has 30 heavy (non-hydrogen) atoms. The number of methoxy groups -OCH3 is 1. The van der Waals surface area contributed by atoms with E-state index in [1.165, 1.54) is 12.7 Å². The van der Waals surface area contributed by atoms with Crippen molar-refractivity contribution in [2.45, 2.75) is 32.2 Å². The van der Waals surface area contributed by atoms with Gasteiger partial charge in [0, 0.05) is 18.5 Å². The van der Waals surface area contributed by atoms with Crippen LogP contribution in [-0.4, -0.2) is 36.2 Å². The Morgan fingerprint density at radius 2 is 1.97 bits per heavy atom. The van der Waals surface area contributed by atoms with Gasteiger partial charge in [-0.25, -0.2) is 4.79 Å². The molecule has 1 N–H and O–H groups in total. The largest absolute Gasteiger partial charge is 0.507 e. The maximum Gasteiger partial charge on any atom is 0.340 e. The summed E-state index contributed by atoms with van der Waals surface area (Å²) in [5, 5.41) is 11.2. The van der Waals surface area contributed by atoms with E-state index in [0.29, 0.717) is 29.2 Å². The molecule has 1 fully saturated rings. The molecule has 0 amide bonds. The van der Waals surface area contributed by atoms with E-state index in [1.807, 2.05) is 6.07 Å². The molecule has 156 valence electrons. The molecule has 1 atom stereocenters. The monoisotopic (exact) mass is 407 g/mol. The standard InChI is InChI=1S/C24H25NO5/c1-15-18-8-9-21(26)20(23(18)30-24(28)19(15)12-22(27)29-2)14-25-11-10-17(13-25)16-6-4-3-5-7-16/h3-9,17,26H,10-14H2,1-2H3/t17-/m1/s1. The minimum Gasteiger partial charge on any atom is -0.507 e. The number of phenolic OH excluding ortho intramolecular Hbond substituents is 1. The molecule has 4 rings (SSSR count). The van der Waals surface area contributed by atoms with Crippen LogP contribution in [0.25, 0.3) is 11.0 Å². The molecule has 1 aliphatic heterocycles. The van der Waals surface area contributed by atoms with Crippen molar-refractivity contribution >= 4 is 16.9 Å². The van der Waals surface area contributed by atoms with Crippen molar-refractivity contribution in [3.63, 3.8) is 0 Å². The SMILES string of the molecule is COC(=O)Cc1c(C)c2ccc(O)c(CN3CC[C@@H](c4ccccc4)C3)c2oc1=O. The van der Waals surface area contributed by atoms with E-state index in [1.54, 1.807) is 19.1 Å². The number of esters is 1. The third-order valence-electron chi connectivity index (χ3n) is 6.01. The molecule has 0 spiro atoms. The van der Waals surface area contributed by atoms with Crippen LogP contribution in [0.5, 0.6) is 5.75 Å². The second-order valence-electron chi connectivity index (χ2n) is 7.82. The fraction of sp³-hybridized carbons (Fsp3) is 0.333. The molecule has 0 radical (unpaired) electrons. The fourth-order valence-corrected chi connectivity index (χ4v) is 4.27. The van der Waals surface area contributed by atoms with Crippen LogP contribution >= 0.6 is 0 Å². The summed E-state index contributed by atoms with van der Waals surface area (Å²) in [7, 11) is 1.29. The van der Waals surface area contributed by atoms with E-state index in [0.717, 1.165) is 24.9 Å². The zero-order chi connectivity index (χ0) is 21.3. The number of rotatable bonds is 5. The highest BCUT2D eigenvalue weighted by molar-refractivity contribution is 5.87. The van der Waals surface area contributed by atoms with Gasteiger partial charge in [0.15, 0.2) is 0 Å². The van der Waals surface area contributed by atoms with Gasteiger partial charge in [0.2, 0.25) is 0 Å². The number of nitrogens with zero attached hydrogens (tertiary/aromatic N) is 1. The van der Waals surface area contributed by atoms with Gasteiger partial charge in [-0.3, -0.25) is 9.69 Å². The molecule has 2 aromatic carbocycles. The van der Waals surface area contributed by atoms with Gasteiger partial charge in [-0.15, -0.1) is 0 Å². The molecule has 0 unspecified atom stereocenters. The summed E-state index contributed by atoms with van der Waals surface area (Å²) < 4.78 is 10.3. The number of ether oxygens (including phenoxy) is 1. The topological polar surface area (TPSA) is 80.0 Å². The summed E-state index contributed by atoms with van der Waals surface area (Å²) in [5.74, 6) is 0.0606. The first-order chi connectivity index (χ1) is 14.5. The number of hydrogen-bond acceptors (Lipinski definition) is 6. The summed E-state index contributed by atoms with van der Waals surface area (Å²) in [6.07, 6.45) is 0.906. The molecule has 1 aromatic heterocycles. The Hall–Kier alpha value is -3.12. The molecular weight excluding hydrogens is 382 g/mol. The lowest BCUT2D eigenvalue weighted by molar-refractivity contribution is -0.139. The maximum absolute atomic E-state index is 12.6. The number of carbonyl (C=O) groups is 1. The molecule has 0 bridgehead atoms. The average Bonchev–Trinajstić information content (AvgIpc) is 3.22. The third kappa shape index (κ3) is 3.83. The molecule has 1 saturated heterocycles. The van der Waals surface area contributed by atoms with Gasteiger partial charge in [0.25, 0.3) is 0 Å². The van der Waals surface area contributed by atoms with Gasteiger partial charge in [0.1, 0.15) is 11.3 Å². The van der Waals surface area contributed by atoms with Crippen molar-refractivity contribution in [1.82, 2.24) is 4.90 Å². The smallest absolute Gasteiger partial charge is 0.340 e. The van der Waals surface area contributed by atoms with Gasteiger partial charge in [-0.05, 0) is 49.1 Å². The van der Waals surface area contributed by atoms with Crippen LogP contribution in [-0.2, 0) is 22.5 Å². The van der Waals surface area contributed by atoms with Crippen LogP contribution in [0.1, 0.15) is 34.6 Å². The van der Waals surface area contributed by atoms with Crippen LogP contribution < -0.4 is 5.63 Å². The lowest BCUT2D eigenvalue weighted by atomic mass is 9.99. The van der Waals surface area contributed by atoms with Crippen LogP contribution in [0, 0.1) is 6.92 Å². The molecule has 3 aromatic rings. The lowest BCUT2D eigenvalue weighted by Gasteiger charge is -2.18. The number of carbonyl (C=O) groups excluding carboxylic acids is 1. The molecule has 2 heterocycles.